The number of hydrogen-bond acceptors (Lipinski definition) is 2. The van der Waals surface area contributed by atoms with Crippen LogP contribution in [0, 0.1) is 0 Å². The van der Waals surface area contributed by atoms with Crippen LogP contribution in [0.25, 0.3) is 0 Å². The molecule has 0 saturated heterocycles. The number of alkyl halides is 1. The lowest BCUT2D eigenvalue weighted by Gasteiger charge is -2.09. The summed E-state index contributed by atoms with van der Waals surface area (Å²) in [5.41, 5.74) is 0.974. The Morgan fingerprint density at radius 2 is 1.79 bits per heavy atom. The van der Waals surface area contributed by atoms with E-state index < -0.39 is 5.97 Å². The quantitative estimate of drug-likeness (QED) is 0.568. The summed E-state index contributed by atoms with van der Waals surface area (Å²) in [6.07, 6.45) is 1.32. The molecule has 4 heteroatoms. The van der Waals surface area contributed by atoms with Crippen LogP contribution in [-0.4, -0.2) is 27.7 Å². The van der Waals surface area contributed by atoms with Crippen LogP contribution in [0.2, 0.25) is 0 Å². The highest BCUT2D eigenvalue weighted by Crippen LogP contribution is 2.14. The molecule has 3 nitrogen and oxygen atoms in total. The van der Waals surface area contributed by atoms with E-state index >= 15 is 0 Å². The monoisotopic (exact) mass is 222 g/mol. The highest BCUT2D eigenvalue weighted by molar-refractivity contribution is 6.22. The van der Waals surface area contributed by atoms with E-state index in [1.165, 1.54) is 0 Å². The normalized spacial score (nSPS) is 13.5. The molecule has 2 atom stereocenters. The molecule has 0 bridgehead atoms. The second-order valence-corrected chi connectivity index (χ2v) is 3.79. The minimum Gasteiger partial charge on any atom is -0.481 e. The Kier molecular flexibility index (Phi) is 10.3. The predicted molar refractivity (Wildman–Crippen MR) is 58.7 cm³/mol. The molecule has 0 radical (unpaired) electrons. The van der Waals surface area contributed by atoms with Gasteiger partial charge in [0.15, 0.2) is 0 Å². The van der Waals surface area contributed by atoms with Gasteiger partial charge in [-0.3, -0.25) is 4.79 Å². The molecule has 14 heavy (non-hydrogen) atoms. The van der Waals surface area contributed by atoms with E-state index in [0.717, 1.165) is 25.3 Å². The first-order valence-corrected chi connectivity index (χ1v) is 4.88. The molecule has 0 aliphatic heterocycles. The van der Waals surface area contributed by atoms with Crippen molar-refractivity contribution in [2.45, 2.75) is 45.1 Å². The lowest BCUT2D eigenvalue weighted by molar-refractivity contribution is -0.134. The summed E-state index contributed by atoms with van der Waals surface area (Å²) < 4.78 is 0. The van der Waals surface area contributed by atoms with Crippen molar-refractivity contribution in [3.63, 3.8) is 0 Å². The molecule has 0 aromatic heterocycles. The van der Waals surface area contributed by atoms with Gasteiger partial charge in [0, 0.05) is 6.92 Å². The Morgan fingerprint density at radius 3 is 2.00 bits per heavy atom. The van der Waals surface area contributed by atoms with Crippen molar-refractivity contribution in [1.82, 2.24) is 0 Å². The van der Waals surface area contributed by atoms with Gasteiger partial charge in [0.2, 0.25) is 0 Å². The summed E-state index contributed by atoms with van der Waals surface area (Å²) in [7, 11) is 0. The van der Waals surface area contributed by atoms with Crippen LogP contribution in [-0.2, 0) is 4.79 Å². The molecule has 0 amide bonds. The fourth-order valence-electron chi connectivity index (χ4n) is 0.634. The van der Waals surface area contributed by atoms with Crippen molar-refractivity contribution < 1.29 is 15.0 Å². The van der Waals surface area contributed by atoms with Crippen LogP contribution in [0.4, 0.5) is 0 Å². The van der Waals surface area contributed by atoms with Gasteiger partial charge in [0.25, 0.3) is 5.97 Å². The van der Waals surface area contributed by atoms with E-state index in [1.54, 1.807) is 6.92 Å². The molecule has 0 spiro atoms. The average Bonchev–Trinajstić information content (AvgIpc) is 1.98. The molecule has 0 fully saturated rings. The van der Waals surface area contributed by atoms with Gasteiger partial charge in [-0.1, -0.05) is 12.2 Å². The van der Waals surface area contributed by atoms with E-state index in [4.69, 9.17) is 26.6 Å². The summed E-state index contributed by atoms with van der Waals surface area (Å²) in [6.45, 7) is 8.47. The third-order valence-corrected chi connectivity index (χ3v) is 1.96. The van der Waals surface area contributed by atoms with Crippen molar-refractivity contribution in [2.24, 2.45) is 0 Å². The van der Waals surface area contributed by atoms with Gasteiger partial charge in [-0.15, -0.1) is 11.6 Å². The van der Waals surface area contributed by atoms with Gasteiger partial charge in [-0.05, 0) is 26.7 Å². The molecule has 0 aliphatic rings. The van der Waals surface area contributed by atoms with Crippen molar-refractivity contribution in [3.8, 4) is 0 Å². The van der Waals surface area contributed by atoms with E-state index in [2.05, 4.69) is 6.58 Å². The zero-order chi connectivity index (χ0) is 11.7. The third kappa shape index (κ3) is 17.5. The van der Waals surface area contributed by atoms with Crippen LogP contribution in [0.1, 0.15) is 33.6 Å². The first-order chi connectivity index (χ1) is 6.27. The maximum atomic E-state index is 9.00. The molecule has 2 N–H and O–H groups in total. The molecule has 0 heterocycles. The molecular weight excluding hydrogens is 204 g/mol. The number of aliphatic carboxylic acids is 1. The fourth-order valence-corrected chi connectivity index (χ4v) is 0.760. The molecule has 2 unspecified atom stereocenters. The minimum atomic E-state index is -0.833. The molecule has 0 aromatic carbocycles. The smallest absolute Gasteiger partial charge is 0.300 e. The van der Waals surface area contributed by atoms with Crippen molar-refractivity contribution in [2.75, 3.05) is 0 Å². The number of rotatable bonds is 4. The maximum Gasteiger partial charge on any atom is 0.300 e. The van der Waals surface area contributed by atoms with Crippen LogP contribution in [0.15, 0.2) is 12.2 Å². The van der Waals surface area contributed by atoms with Gasteiger partial charge >= 0.3 is 0 Å². The Morgan fingerprint density at radius 1 is 1.43 bits per heavy atom. The lowest BCUT2D eigenvalue weighted by atomic mass is 10.1. The number of carboxylic acids is 1. The van der Waals surface area contributed by atoms with Crippen LogP contribution in [0.3, 0.4) is 0 Å². The van der Waals surface area contributed by atoms with Gasteiger partial charge < -0.3 is 10.2 Å². The number of carbonyl (C=O) groups is 1. The third-order valence-electron chi connectivity index (χ3n) is 1.37. The van der Waals surface area contributed by atoms with Gasteiger partial charge in [0.1, 0.15) is 0 Å². The first kappa shape index (κ1) is 15.9. The highest BCUT2D eigenvalue weighted by Gasteiger charge is 2.05. The second-order valence-electron chi connectivity index (χ2n) is 3.26. The van der Waals surface area contributed by atoms with E-state index in [0.29, 0.717) is 0 Å². The largest absolute Gasteiger partial charge is 0.481 e. The average molecular weight is 223 g/mol. The standard InChI is InChI=1S/C8H15ClO.C2H4O2/c1-6(2)8(9)5-4-7(3)10;1-2(3)4/h7-8,10H,1,4-5H2,2-3H3;1H3,(H,3,4). The number of halogens is 1. The summed E-state index contributed by atoms with van der Waals surface area (Å²) in [5.74, 6) is -0.833. The maximum absolute atomic E-state index is 9.00. The SMILES string of the molecule is C=C(C)C(Cl)CCC(C)O.CC(=O)O. The number of hydrogen-bond donors (Lipinski definition) is 2. The lowest BCUT2D eigenvalue weighted by Crippen LogP contribution is -2.06. The Labute approximate surface area is 90.4 Å². The van der Waals surface area contributed by atoms with E-state index in [1.807, 2.05) is 6.92 Å². The molecular formula is C10H19ClO3. The van der Waals surface area contributed by atoms with Gasteiger partial charge in [-0.2, -0.15) is 0 Å². The summed E-state index contributed by atoms with van der Waals surface area (Å²) in [5, 5.41) is 16.3. The second kappa shape index (κ2) is 9.03. The number of allylic oxidation sites excluding steroid dienone is 1. The zero-order valence-electron chi connectivity index (χ0n) is 8.96. The topological polar surface area (TPSA) is 57.5 Å². The number of carboxylic acid groups (broad SMARTS) is 1. The fraction of sp³-hybridized carbons (Fsp3) is 0.700. The van der Waals surface area contributed by atoms with Crippen molar-refractivity contribution in [1.29, 1.82) is 0 Å². The molecule has 84 valence electrons. The van der Waals surface area contributed by atoms with Crippen molar-refractivity contribution >= 4 is 17.6 Å². The summed E-state index contributed by atoms with van der Waals surface area (Å²) in [4.78, 5) is 9.00. The van der Waals surface area contributed by atoms with Crippen LogP contribution in [0.5, 0.6) is 0 Å². The minimum absolute atomic E-state index is 0.0228. The highest BCUT2D eigenvalue weighted by atomic mass is 35.5. The summed E-state index contributed by atoms with van der Waals surface area (Å²) in [6, 6.07) is 0. The van der Waals surface area contributed by atoms with Crippen LogP contribution >= 0.6 is 11.6 Å². The first-order valence-electron chi connectivity index (χ1n) is 4.44. The Bertz CT molecular complexity index is 174. The molecule has 0 rings (SSSR count). The Balaban J connectivity index is 0. The predicted octanol–water partition coefficient (Wildman–Crippen LogP) is 2.42. The van der Waals surface area contributed by atoms with E-state index in [-0.39, 0.29) is 11.5 Å². The van der Waals surface area contributed by atoms with Gasteiger partial charge in [-0.25, -0.2) is 0 Å². The molecule has 0 aromatic rings. The molecule has 0 aliphatic carbocycles. The summed E-state index contributed by atoms with van der Waals surface area (Å²) >= 11 is 5.85. The van der Waals surface area contributed by atoms with Gasteiger partial charge in [0.05, 0.1) is 11.5 Å². The van der Waals surface area contributed by atoms with Crippen molar-refractivity contribution in [3.05, 3.63) is 12.2 Å². The van der Waals surface area contributed by atoms with Crippen LogP contribution < -0.4 is 0 Å². The zero-order valence-corrected chi connectivity index (χ0v) is 9.71. The number of aliphatic hydroxyl groups excluding tert-OH is 1. The molecule has 0 saturated carbocycles. The Hall–Kier alpha value is -0.540. The number of aliphatic hydroxyl groups is 1. The van der Waals surface area contributed by atoms with E-state index in [9.17, 15) is 0 Å².